The van der Waals surface area contributed by atoms with Gasteiger partial charge in [0.15, 0.2) is 0 Å². The topological polar surface area (TPSA) is 92.8 Å². The zero-order chi connectivity index (χ0) is 23.3. The molecule has 0 aliphatic rings. The average molecular weight is 453 g/mol. The Bertz CT molecular complexity index is 1450. The van der Waals surface area contributed by atoms with Crippen LogP contribution in [-0.2, 0) is 18.0 Å². The summed E-state index contributed by atoms with van der Waals surface area (Å²) < 4.78 is 20.3. The number of halogens is 1. The van der Waals surface area contributed by atoms with E-state index < -0.39 is 11.7 Å². The van der Waals surface area contributed by atoms with E-state index in [2.05, 4.69) is 25.7 Å². The smallest absolute Gasteiger partial charge is 0.255 e. The number of nitrogens with one attached hydrogen (secondary N) is 2. The highest BCUT2D eigenvalue weighted by Gasteiger charge is 2.12. The molecule has 0 saturated carbocycles. The molecule has 5 aromatic rings. The lowest BCUT2D eigenvalue weighted by Crippen LogP contribution is -2.13. The first-order valence-corrected chi connectivity index (χ1v) is 10.6. The predicted molar refractivity (Wildman–Crippen MR) is 126 cm³/mol. The summed E-state index contributed by atoms with van der Waals surface area (Å²) in [4.78, 5) is 17.2. The Morgan fingerprint density at radius 3 is 2.59 bits per heavy atom. The Kier molecular flexibility index (Phi) is 6.05. The first-order valence-electron chi connectivity index (χ1n) is 10.6. The first-order chi connectivity index (χ1) is 16.7. The normalized spacial score (nSPS) is 11.0. The van der Waals surface area contributed by atoms with E-state index in [4.69, 9.17) is 4.74 Å². The molecule has 0 saturated heterocycles. The van der Waals surface area contributed by atoms with Gasteiger partial charge in [0, 0.05) is 11.1 Å². The number of carbonyl (C=O) groups excluding carboxylic acids is 1. The third-order valence-corrected chi connectivity index (χ3v) is 5.26. The van der Waals surface area contributed by atoms with Crippen molar-refractivity contribution in [1.29, 1.82) is 0 Å². The number of H-pyrrole nitrogens is 1. The summed E-state index contributed by atoms with van der Waals surface area (Å²) in [6, 6.07) is 25.0. The minimum Gasteiger partial charge on any atom is -0.372 e. The molecule has 0 atom stereocenters. The highest BCUT2D eigenvalue weighted by atomic mass is 19.1. The first kappa shape index (κ1) is 21.4. The summed E-state index contributed by atoms with van der Waals surface area (Å²) in [6.45, 7) is 0.709. The third-order valence-electron chi connectivity index (χ3n) is 5.26. The Morgan fingerprint density at radius 2 is 1.74 bits per heavy atom. The van der Waals surface area contributed by atoms with Crippen LogP contribution < -0.4 is 5.32 Å². The van der Waals surface area contributed by atoms with Crippen molar-refractivity contribution >= 4 is 22.8 Å². The highest BCUT2D eigenvalue weighted by Crippen LogP contribution is 2.22. The summed E-state index contributed by atoms with van der Waals surface area (Å²) >= 11 is 0. The van der Waals surface area contributed by atoms with Crippen molar-refractivity contribution in [1.82, 2.24) is 20.4 Å². The van der Waals surface area contributed by atoms with E-state index >= 15 is 0 Å². The number of aromatic nitrogens is 4. The summed E-state index contributed by atoms with van der Waals surface area (Å²) in [5, 5.41) is 13.1. The maximum absolute atomic E-state index is 14.6. The van der Waals surface area contributed by atoms with Gasteiger partial charge in [-0.2, -0.15) is 10.3 Å². The average Bonchev–Trinajstić information content (AvgIpc) is 3.34. The maximum atomic E-state index is 14.6. The molecule has 0 bridgehead atoms. The summed E-state index contributed by atoms with van der Waals surface area (Å²) in [6.07, 6.45) is 0. The Morgan fingerprint density at radius 1 is 0.882 bits per heavy atom. The van der Waals surface area contributed by atoms with Gasteiger partial charge in [-0.25, -0.2) is 9.37 Å². The number of aromatic amines is 1. The lowest BCUT2D eigenvalue weighted by molar-refractivity contribution is 0.102. The molecule has 0 unspecified atom stereocenters. The highest BCUT2D eigenvalue weighted by molar-refractivity contribution is 6.05. The van der Waals surface area contributed by atoms with E-state index in [0.29, 0.717) is 34.6 Å². The molecule has 34 heavy (non-hydrogen) atoms. The van der Waals surface area contributed by atoms with Crippen LogP contribution in [0.5, 0.6) is 0 Å². The van der Waals surface area contributed by atoms with Gasteiger partial charge in [0.05, 0.1) is 24.6 Å². The van der Waals surface area contributed by atoms with Gasteiger partial charge in [0.1, 0.15) is 11.3 Å². The predicted octanol–water partition coefficient (Wildman–Crippen LogP) is 5.13. The fraction of sp³-hybridized carbons (Fsp3) is 0.0769. The molecular formula is C26H20FN5O2. The van der Waals surface area contributed by atoms with E-state index in [9.17, 15) is 9.18 Å². The third kappa shape index (κ3) is 4.82. The van der Waals surface area contributed by atoms with Crippen LogP contribution >= 0.6 is 0 Å². The number of hydrogen-bond acceptors (Lipinski definition) is 5. The van der Waals surface area contributed by atoms with E-state index in [1.807, 2.05) is 36.4 Å². The van der Waals surface area contributed by atoms with E-state index in [1.165, 1.54) is 6.07 Å². The van der Waals surface area contributed by atoms with Crippen molar-refractivity contribution in [3.63, 3.8) is 0 Å². The van der Waals surface area contributed by atoms with Crippen molar-refractivity contribution in [2.75, 3.05) is 5.32 Å². The molecule has 0 fully saturated rings. The molecule has 7 nitrogen and oxygen atoms in total. The molecule has 168 valence electrons. The minimum absolute atomic E-state index is 0.101. The maximum Gasteiger partial charge on any atom is 0.255 e. The molecular weight excluding hydrogens is 433 g/mol. The van der Waals surface area contributed by atoms with E-state index in [-0.39, 0.29) is 12.3 Å². The minimum atomic E-state index is -0.525. The van der Waals surface area contributed by atoms with Gasteiger partial charge in [-0.15, -0.1) is 5.10 Å². The van der Waals surface area contributed by atoms with Gasteiger partial charge in [-0.3, -0.25) is 4.79 Å². The molecule has 0 spiro atoms. The Hall–Kier alpha value is -4.43. The molecule has 2 N–H and O–H groups in total. The SMILES string of the molecule is O=C(Nc1ccc(COCc2ccccc2)cc1F)c1cccc(-c2ccc3n[nH]nc3n2)c1. The molecule has 5 rings (SSSR count). The van der Waals surface area contributed by atoms with Crippen molar-refractivity contribution in [2.45, 2.75) is 13.2 Å². The number of fused-ring (bicyclic) bond motifs is 1. The fourth-order valence-corrected chi connectivity index (χ4v) is 3.52. The molecule has 2 heterocycles. The summed E-state index contributed by atoms with van der Waals surface area (Å²) in [5.41, 5.74) is 4.75. The van der Waals surface area contributed by atoms with Crippen LogP contribution in [0, 0.1) is 5.82 Å². The van der Waals surface area contributed by atoms with Crippen LogP contribution in [0.25, 0.3) is 22.4 Å². The Labute approximate surface area is 194 Å². The Balaban J connectivity index is 1.25. The zero-order valence-electron chi connectivity index (χ0n) is 18.0. The van der Waals surface area contributed by atoms with Crippen LogP contribution in [0.15, 0.2) is 84.9 Å². The number of ether oxygens (including phenoxy) is 1. The number of anilines is 1. The standard InChI is InChI=1S/C26H20FN5O2/c27-21-13-18(16-34-15-17-5-2-1-3-6-17)9-10-23(21)29-26(33)20-8-4-7-19(14-20)22-11-12-24-25(28-22)31-32-30-24/h1-14H,15-16H2,(H,29,33)(H,28,30,31,32). The van der Waals surface area contributed by atoms with E-state index in [1.54, 1.807) is 42.5 Å². The van der Waals surface area contributed by atoms with Gasteiger partial charge in [-0.05, 0) is 47.5 Å². The second kappa shape index (κ2) is 9.60. The fourth-order valence-electron chi connectivity index (χ4n) is 3.52. The van der Waals surface area contributed by atoms with Crippen LogP contribution in [-0.4, -0.2) is 26.3 Å². The van der Waals surface area contributed by atoms with Gasteiger partial charge < -0.3 is 10.1 Å². The largest absolute Gasteiger partial charge is 0.372 e. The quantitative estimate of drug-likeness (QED) is 0.356. The number of nitrogens with zero attached hydrogens (tertiary/aromatic N) is 3. The van der Waals surface area contributed by atoms with Gasteiger partial charge in [0.2, 0.25) is 5.65 Å². The van der Waals surface area contributed by atoms with Crippen LogP contribution in [0.2, 0.25) is 0 Å². The zero-order valence-corrected chi connectivity index (χ0v) is 18.0. The molecule has 3 aromatic carbocycles. The lowest BCUT2D eigenvalue weighted by Gasteiger charge is -2.10. The van der Waals surface area contributed by atoms with Gasteiger partial charge in [-0.1, -0.05) is 48.5 Å². The second-order valence-corrected chi connectivity index (χ2v) is 7.69. The van der Waals surface area contributed by atoms with Crippen molar-refractivity contribution in [2.24, 2.45) is 0 Å². The number of benzene rings is 3. The van der Waals surface area contributed by atoms with Crippen LogP contribution in [0.3, 0.4) is 0 Å². The van der Waals surface area contributed by atoms with Gasteiger partial charge in [0.25, 0.3) is 5.91 Å². The summed E-state index contributed by atoms with van der Waals surface area (Å²) in [5.74, 6) is -0.945. The molecule has 0 aliphatic heterocycles. The summed E-state index contributed by atoms with van der Waals surface area (Å²) in [7, 11) is 0. The van der Waals surface area contributed by atoms with E-state index in [0.717, 1.165) is 11.1 Å². The number of amides is 1. The monoisotopic (exact) mass is 453 g/mol. The van der Waals surface area contributed by atoms with Crippen molar-refractivity contribution in [3.8, 4) is 11.3 Å². The molecule has 1 amide bonds. The van der Waals surface area contributed by atoms with Crippen molar-refractivity contribution < 1.29 is 13.9 Å². The number of rotatable bonds is 7. The van der Waals surface area contributed by atoms with Crippen molar-refractivity contribution in [3.05, 3.63) is 107 Å². The number of hydrogen-bond donors (Lipinski definition) is 2. The van der Waals surface area contributed by atoms with Crippen LogP contribution in [0.4, 0.5) is 10.1 Å². The molecule has 0 aliphatic carbocycles. The van der Waals surface area contributed by atoms with Gasteiger partial charge >= 0.3 is 0 Å². The number of pyridine rings is 1. The van der Waals surface area contributed by atoms with Crippen LogP contribution in [0.1, 0.15) is 21.5 Å². The molecule has 0 radical (unpaired) electrons. The molecule has 2 aromatic heterocycles. The molecule has 8 heteroatoms. The number of carbonyl (C=O) groups is 1. The lowest BCUT2D eigenvalue weighted by atomic mass is 10.1. The second-order valence-electron chi connectivity index (χ2n) is 7.69.